The van der Waals surface area contributed by atoms with Gasteiger partial charge in [0.1, 0.15) is 0 Å². The average molecular weight is 334 g/mol. The van der Waals surface area contributed by atoms with Crippen LogP contribution in [0.15, 0.2) is 0 Å². The van der Waals surface area contributed by atoms with E-state index in [1.807, 2.05) is 11.6 Å². The number of nitrogens with zero attached hydrogens (tertiary/aromatic N) is 2. The minimum absolute atomic E-state index is 0.0106. The standard InChI is InChI=1S/C18H30N4O2/c1-11(2)10-22-13(4)14(12(3)21-22)8-9-17(23)20-16-7-5-6-15(16)18(19)24/h11,15-16H,5-10H2,1-4H3,(H2,19,24)(H,20,23)/t15-,16+/m1/s1. The van der Waals surface area contributed by atoms with Crippen LogP contribution in [0.4, 0.5) is 0 Å². The first kappa shape index (κ1) is 18.5. The Bertz CT molecular complexity index is 606. The highest BCUT2D eigenvalue weighted by atomic mass is 16.2. The number of aromatic nitrogens is 2. The van der Waals surface area contributed by atoms with Crippen LogP contribution >= 0.6 is 0 Å². The molecule has 6 nitrogen and oxygen atoms in total. The topological polar surface area (TPSA) is 90.0 Å². The number of carbonyl (C=O) groups is 2. The maximum absolute atomic E-state index is 12.3. The van der Waals surface area contributed by atoms with Gasteiger partial charge in [-0.15, -0.1) is 0 Å². The van der Waals surface area contributed by atoms with Crippen molar-refractivity contribution >= 4 is 11.8 Å². The smallest absolute Gasteiger partial charge is 0.222 e. The Kier molecular flexibility index (Phi) is 6.02. The molecule has 1 saturated carbocycles. The van der Waals surface area contributed by atoms with Gasteiger partial charge in [-0.3, -0.25) is 14.3 Å². The number of nitrogens with one attached hydrogen (secondary N) is 1. The molecule has 24 heavy (non-hydrogen) atoms. The van der Waals surface area contributed by atoms with Crippen molar-refractivity contribution in [1.29, 1.82) is 0 Å². The Balaban J connectivity index is 1.92. The van der Waals surface area contributed by atoms with E-state index in [-0.39, 0.29) is 23.8 Å². The number of rotatable bonds is 7. The zero-order valence-corrected chi connectivity index (χ0v) is 15.3. The van der Waals surface area contributed by atoms with Crippen molar-refractivity contribution in [3.8, 4) is 0 Å². The molecule has 1 aliphatic carbocycles. The number of nitrogens with two attached hydrogens (primary N) is 1. The van der Waals surface area contributed by atoms with Gasteiger partial charge in [0.25, 0.3) is 0 Å². The molecule has 2 amide bonds. The van der Waals surface area contributed by atoms with Crippen LogP contribution in [-0.4, -0.2) is 27.6 Å². The van der Waals surface area contributed by atoms with Crippen molar-refractivity contribution in [3.05, 3.63) is 17.0 Å². The predicted molar refractivity (Wildman–Crippen MR) is 93.3 cm³/mol. The van der Waals surface area contributed by atoms with Crippen molar-refractivity contribution in [3.63, 3.8) is 0 Å². The summed E-state index contributed by atoms with van der Waals surface area (Å²) in [6.07, 6.45) is 3.65. The summed E-state index contributed by atoms with van der Waals surface area (Å²) in [7, 11) is 0. The number of aryl methyl sites for hydroxylation is 1. The Morgan fingerprint density at radius 3 is 2.67 bits per heavy atom. The third kappa shape index (κ3) is 4.36. The molecule has 0 aromatic carbocycles. The number of primary amides is 1. The molecule has 134 valence electrons. The Labute approximate surface area is 144 Å². The van der Waals surface area contributed by atoms with Crippen LogP contribution < -0.4 is 11.1 Å². The summed E-state index contributed by atoms with van der Waals surface area (Å²) in [5, 5.41) is 7.58. The van der Waals surface area contributed by atoms with E-state index in [9.17, 15) is 9.59 Å². The van der Waals surface area contributed by atoms with E-state index < -0.39 is 0 Å². The van der Waals surface area contributed by atoms with Gasteiger partial charge in [-0.2, -0.15) is 5.10 Å². The summed E-state index contributed by atoms with van der Waals surface area (Å²) < 4.78 is 2.04. The molecule has 1 aromatic heterocycles. The molecule has 0 aliphatic heterocycles. The second kappa shape index (κ2) is 7.81. The third-order valence-electron chi connectivity index (χ3n) is 4.90. The van der Waals surface area contributed by atoms with Gasteiger partial charge in [-0.05, 0) is 44.6 Å². The molecule has 1 heterocycles. The molecule has 1 fully saturated rings. The molecular weight excluding hydrogens is 304 g/mol. The van der Waals surface area contributed by atoms with E-state index in [0.29, 0.717) is 18.8 Å². The van der Waals surface area contributed by atoms with Crippen LogP contribution in [0.25, 0.3) is 0 Å². The molecule has 2 atom stereocenters. The van der Waals surface area contributed by atoms with Crippen LogP contribution in [-0.2, 0) is 22.6 Å². The summed E-state index contributed by atoms with van der Waals surface area (Å²) in [6.45, 7) is 9.29. The van der Waals surface area contributed by atoms with E-state index in [1.54, 1.807) is 0 Å². The lowest BCUT2D eigenvalue weighted by Gasteiger charge is -2.18. The molecular formula is C18H30N4O2. The van der Waals surface area contributed by atoms with Crippen molar-refractivity contribution in [1.82, 2.24) is 15.1 Å². The molecule has 1 aliphatic rings. The SMILES string of the molecule is Cc1nn(CC(C)C)c(C)c1CCC(=O)N[C@H]1CCC[C@H]1C(N)=O. The minimum atomic E-state index is -0.306. The summed E-state index contributed by atoms with van der Waals surface area (Å²) in [6, 6.07) is -0.0964. The molecule has 0 saturated heterocycles. The van der Waals surface area contributed by atoms with E-state index >= 15 is 0 Å². The minimum Gasteiger partial charge on any atom is -0.369 e. The maximum atomic E-state index is 12.3. The van der Waals surface area contributed by atoms with Gasteiger partial charge in [0.05, 0.1) is 11.6 Å². The first-order chi connectivity index (χ1) is 11.3. The van der Waals surface area contributed by atoms with Gasteiger partial charge in [-0.1, -0.05) is 20.3 Å². The van der Waals surface area contributed by atoms with Gasteiger partial charge >= 0.3 is 0 Å². The number of amides is 2. The number of hydrogen-bond donors (Lipinski definition) is 2. The summed E-state index contributed by atoms with van der Waals surface area (Å²) in [5.74, 6) is 0.00136. The largest absolute Gasteiger partial charge is 0.369 e. The fraction of sp³-hybridized carbons (Fsp3) is 0.722. The van der Waals surface area contributed by atoms with Gasteiger partial charge in [-0.25, -0.2) is 0 Å². The van der Waals surface area contributed by atoms with Crippen molar-refractivity contribution in [2.24, 2.45) is 17.6 Å². The Morgan fingerprint density at radius 2 is 2.04 bits per heavy atom. The molecule has 0 spiro atoms. The molecule has 0 radical (unpaired) electrons. The lowest BCUT2D eigenvalue weighted by Crippen LogP contribution is -2.42. The Hall–Kier alpha value is -1.85. The second-order valence-corrected chi connectivity index (χ2v) is 7.34. The van der Waals surface area contributed by atoms with Crippen LogP contribution in [0, 0.1) is 25.7 Å². The average Bonchev–Trinajstić information content (AvgIpc) is 3.03. The molecule has 0 unspecified atom stereocenters. The second-order valence-electron chi connectivity index (χ2n) is 7.34. The third-order valence-corrected chi connectivity index (χ3v) is 4.90. The van der Waals surface area contributed by atoms with Crippen molar-refractivity contribution in [2.75, 3.05) is 0 Å². The van der Waals surface area contributed by atoms with Crippen LogP contribution in [0.1, 0.15) is 56.5 Å². The highest BCUT2D eigenvalue weighted by Gasteiger charge is 2.32. The van der Waals surface area contributed by atoms with E-state index in [2.05, 4.69) is 31.2 Å². The van der Waals surface area contributed by atoms with E-state index in [1.165, 1.54) is 0 Å². The molecule has 1 aromatic rings. The summed E-state index contributed by atoms with van der Waals surface area (Å²) in [5.41, 5.74) is 8.71. The van der Waals surface area contributed by atoms with Gasteiger partial charge < -0.3 is 11.1 Å². The van der Waals surface area contributed by atoms with Crippen molar-refractivity contribution in [2.45, 2.75) is 72.4 Å². The highest BCUT2D eigenvalue weighted by molar-refractivity contribution is 5.81. The number of carbonyl (C=O) groups excluding carboxylic acids is 2. The Morgan fingerprint density at radius 1 is 1.33 bits per heavy atom. The van der Waals surface area contributed by atoms with Crippen LogP contribution in [0.2, 0.25) is 0 Å². The molecule has 2 rings (SSSR count). The normalized spacial score (nSPS) is 20.5. The lowest BCUT2D eigenvalue weighted by molar-refractivity contribution is -0.124. The summed E-state index contributed by atoms with van der Waals surface area (Å²) in [4.78, 5) is 23.7. The number of hydrogen-bond acceptors (Lipinski definition) is 3. The first-order valence-electron chi connectivity index (χ1n) is 8.91. The van der Waals surface area contributed by atoms with Crippen LogP contribution in [0.3, 0.4) is 0 Å². The molecule has 0 bridgehead atoms. The van der Waals surface area contributed by atoms with E-state index in [4.69, 9.17) is 5.73 Å². The van der Waals surface area contributed by atoms with E-state index in [0.717, 1.165) is 42.8 Å². The summed E-state index contributed by atoms with van der Waals surface area (Å²) >= 11 is 0. The van der Waals surface area contributed by atoms with Gasteiger partial charge in [0.2, 0.25) is 11.8 Å². The van der Waals surface area contributed by atoms with Gasteiger partial charge in [0.15, 0.2) is 0 Å². The lowest BCUT2D eigenvalue weighted by atomic mass is 10.0. The zero-order chi connectivity index (χ0) is 17.9. The quantitative estimate of drug-likeness (QED) is 0.797. The zero-order valence-electron chi connectivity index (χ0n) is 15.3. The monoisotopic (exact) mass is 334 g/mol. The van der Waals surface area contributed by atoms with Gasteiger partial charge in [0, 0.05) is 24.7 Å². The highest BCUT2D eigenvalue weighted by Crippen LogP contribution is 2.25. The predicted octanol–water partition coefficient (Wildman–Crippen LogP) is 1.86. The molecule has 3 N–H and O–H groups in total. The van der Waals surface area contributed by atoms with Crippen molar-refractivity contribution < 1.29 is 9.59 Å². The fourth-order valence-corrected chi connectivity index (χ4v) is 3.61. The fourth-order valence-electron chi connectivity index (χ4n) is 3.61. The van der Waals surface area contributed by atoms with Crippen LogP contribution in [0.5, 0.6) is 0 Å². The molecule has 6 heteroatoms. The first-order valence-corrected chi connectivity index (χ1v) is 8.91. The maximum Gasteiger partial charge on any atom is 0.222 e.